The molecule has 10 heavy (non-hydrogen) atoms. The zero-order chi connectivity index (χ0) is 7.40. The van der Waals surface area contributed by atoms with Gasteiger partial charge in [0.15, 0.2) is 0 Å². The van der Waals surface area contributed by atoms with Gasteiger partial charge in [0.2, 0.25) is 0 Å². The Morgan fingerprint density at radius 3 is 2.60 bits per heavy atom. The van der Waals surface area contributed by atoms with E-state index in [2.05, 4.69) is 16.5 Å². The number of hydrogen-bond donors (Lipinski definition) is 0. The van der Waals surface area contributed by atoms with Crippen molar-refractivity contribution in [3.05, 3.63) is 30.9 Å². The number of nitrogens with zero attached hydrogens (tertiary/aromatic N) is 2. The van der Waals surface area contributed by atoms with E-state index in [1.165, 1.54) is 0 Å². The zero-order valence-electron chi connectivity index (χ0n) is 5.45. The van der Waals surface area contributed by atoms with Crippen molar-refractivity contribution in [2.45, 2.75) is 11.3 Å². The molecular weight excluding hydrogens is 144 g/mol. The van der Waals surface area contributed by atoms with Gasteiger partial charge in [-0.25, -0.2) is 9.97 Å². The van der Waals surface area contributed by atoms with Crippen LogP contribution in [0.3, 0.4) is 0 Å². The molecule has 1 heterocycles. The molecule has 1 rings (SSSR count). The summed E-state index contributed by atoms with van der Waals surface area (Å²) in [5.41, 5.74) is 0. The van der Waals surface area contributed by atoms with E-state index in [4.69, 9.17) is 12.6 Å². The summed E-state index contributed by atoms with van der Waals surface area (Å²) in [7, 11) is 0. The Labute approximate surface area is 65.4 Å². The van der Waals surface area contributed by atoms with Crippen LogP contribution in [0.25, 0.3) is 0 Å². The van der Waals surface area contributed by atoms with Crippen molar-refractivity contribution in [2.24, 2.45) is 0 Å². The summed E-state index contributed by atoms with van der Waals surface area (Å²) in [4.78, 5) is 8.64. The highest BCUT2D eigenvalue weighted by Gasteiger charge is 1.90. The molecule has 3 heteroatoms. The van der Waals surface area contributed by atoms with Gasteiger partial charge in [0, 0.05) is 18.8 Å². The molecule has 0 aliphatic heterocycles. The first-order chi connectivity index (χ1) is 4.83. The fourth-order valence-electron chi connectivity index (χ4n) is 0.577. The van der Waals surface area contributed by atoms with E-state index >= 15 is 0 Å². The Bertz CT molecular complexity index is 218. The second-order valence-electron chi connectivity index (χ2n) is 1.83. The number of allylic oxidation sites excluding steroid dienone is 1. The lowest BCUT2D eigenvalue weighted by Gasteiger charge is -1.92. The van der Waals surface area contributed by atoms with Crippen LogP contribution in [0.2, 0.25) is 0 Å². The van der Waals surface area contributed by atoms with E-state index in [0.717, 1.165) is 5.82 Å². The van der Waals surface area contributed by atoms with Gasteiger partial charge in [-0.1, -0.05) is 18.7 Å². The lowest BCUT2D eigenvalue weighted by Crippen LogP contribution is -1.90. The van der Waals surface area contributed by atoms with Gasteiger partial charge in [-0.2, -0.15) is 0 Å². The van der Waals surface area contributed by atoms with Crippen molar-refractivity contribution in [1.82, 2.24) is 9.97 Å². The Morgan fingerprint density at radius 1 is 1.50 bits per heavy atom. The minimum atomic E-state index is 0.674. The molecule has 0 N–H and O–H groups in total. The van der Waals surface area contributed by atoms with Crippen LogP contribution in [0, 0.1) is 0 Å². The van der Waals surface area contributed by atoms with Crippen molar-refractivity contribution in [3.63, 3.8) is 0 Å². The summed E-state index contributed by atoms with van der Waals surface area (Å²) in [6.07, 6.45) is 5.72. The average Bonchev–Trinajstić information content (AvgIpc) is 1.95. The first-order valence-electron chi connectivity index (χ1n) is 2.92. The molecule has 0 bridgehead atoms. The smallest absolute Gasteiger partial charge is 0.132 e. The summed E-state index contributed by atoms with van der Waals surface area (Å²) >= 11 is 4.80. The van der Waals surface area contributed by atoms with Gasteiger partial charge in [0.1, 0.15) is 5.82 Å². The van der Waals surface area contributed by atoms with Gasteiger partial charge in [-0.3, -0.25) is 0 Å². The Hall–Kier alpha value is -0.960. The standard InChI is InChI=1S/C7H7N2S/c1-2-3-7-8-4-6(10)5-9-7/h2,4-5H,1,3H2. The average molecular weight is 151 g/mol. The predicted molar refractivity (Wildman–Crippen MR) is 41.8 cm³/mol. The van der Waals surface area contributed by atoms with Gasteiger partial charge >= 0.3 is 0 Å². The van der Waals surface area contributed by atoms with Crippen molar-refractivity contribution < 1.29 is 0 Å². The maximum Gasteiger partial charge on any atom is 0.132 e. The Balaban J connectivity index is 2.78. The zero-order valence-corrected chi connectivity index (χ0v) is 6.27. The number of aromatic nitrogens is 2. The molecule has 0 aliphatic rings. The second kappa shape index (κ2) is 3.27. The van der Waals surface area contributed by atoms with E-state index < -0.39 is 0 Å². The molecule has 0 unspecified atom stereocenters. The van der Waals surface area contributed by atoms with E-state index in [1.807, 2.05) is 0 Å². The minimum absolute atomic E-state index is 0.674. The molecule has 1 aromatic rings. The molecule has 0 fully saturated rings. The van der Waals surface area contributed by atoms with Crippen molar-refractivity contribution in [3.8, 4) is 0 Å². The van der Waals surface area contributed by atoms with Crippen molar-refractivity contribution >= 4 is 12.6 Å². The molecule has 51 valence electrons. The van der Waals surface area contributed by atoms with Crippen LogP contribution in [0.5, 0.6) is 0 Å². The lowest BCUT2D eigenvalue weighted by atomic mass is 10.4. The first kappa shape index (κ1) is 7.15. The molecule has 0 saturated heterocycles. The molecule has 0 spiro atoms. The van der Waals surface area contributed by atoms with E-state index in [0.29, 0.717) is 11.3 Å². The van der Waals surface area contributed by atoms with Crippen LogP contribution in [-0.4, -0.2) is 9.97 Å². The van der Waals surface area contributed by atoms with Gasteiger partial charge in [-0.05, 0) is 0 Å². The highest BCUT2D eigenvalue weighted by molar-refractivity contribution is 7.80. The largest absolute Gasteiger partial charge is 0.240 e. The van der Waals surface area contributed by atoms with Crippen LogP contribution in [0.15, 0.2) is 29.9 Å². The molecule has 2 nitrogen and oxygen atoms in total. The maximum absolute atomic E-state index is 4.80. The second-order valence-corrected chi connectivity index (χ2v) is 2.30. The number of rotatable bonds is 2. The maximum atomic E-state index is 4.80. The van der Waals surface area contributed by atoms with Crippen LogP contribution in [-0.2, 0) is 6.42 Å². The summed E-state index contributed by atoms with van der Waals surface area (Å²) in [6, 6.07) is 0. The molecule has 0 amide bonds. The van der Waals surface area contributed by atoms with E-state index in [1.54, 1.807) is 18.5 Å². The molecule has 0 saturated carbocycles. The topological polar surface area (TPSA) is 25.8 Å². The molecule has 0 aliphatic carbocycles. The van der Waals surface area contributed by atoms with Gasteiger partial charge in [-0.15, -0.1) is 6.58 Å². The predicted octanol–water partition coefficient (Wildman–Crippen LogP) is 1.76. The van der Waals surface area contributed by atoms with E-state index in [9.17, 15) is 0 Å². The monoisotopic (exact) mass is 151 g/mol. The summed E-state index contributed by atoms with van der Waals surface area (Å²) in [5, 5.41) is 0. The van der Waals surface area contributed by atoms with Gasteiger partial charge in [0.25, 0.3) is 0 Å². The van der Waals surface area contributed by atoms with Crippen LogP contribution >= 0.6 is 12.6 Å². The molecule has 1 radical (unpaired) electrons. The molecule has 0 atom stereocenters. The fourth-order valence-corrected chi connectivity index (χ4v) is 0.683. The Kier molecular flexibility index (Phi) is 2.34. The van der Waals surface area contributed by atoms with Crippen molar-refractivity contribution in [1.29, 1.82) is 0 Å². The first-order valence-corrected chi connectivity index (χ1v) is 3.32. The Morgan fingerprint density at radius 2 is 2.10 bits per heavy atom. The summed E-state index contributed by atoms with van der Waals surface area (Å²) < 4.78 is 0. The number of hydrogen-bond acceptors (Lipinski definition) is 2. The summed E-state index contributed by atoms with van der Waals surface area (Å²) in [6.45, 7) is 3.57. The van der Waals surface area contributed by atoms with Crippen LogP contribution in [0.1, 0.15) is 5.82 Å². The molecule has 0 aromatic carbocycles. The lowest BCUT2D eigenvalue weighted by molar-refractivity contribution is 0.960. The fraction of sp³-hybridized carbons (Fsp3) is 0.143. The third-order valence-electron chi connectivity index (χ3n) is 1.01. The minimum Gasteiger partial charge on any atom is -0.240 e. The third-order valence-corrected chi connectivity index (χ3v) is 1.22. The molecular formula is C7H7N2S. The summed E-state index contributed by atoms with van der Waals surface area (Å²) in [5.74, 6) is 0.767. The van der Waals surface area contributed by atoms with Gasteiger partial charge in [0.05, 0.1) is 4.90 Å². The molecule has 1 aromatic heterocycles. The van der Waals surface area contributed by atoms with Crippen LogP contribution in [0.4, 0.5) is 0 Å². The van der Waals surface area contributed by atoms with E-state index in [-0.39, 0.29) is 0 Å². The third kappa shape index (κ3) is 1.77. The van der Waals surface area contributed by atoms with Crippen molar-refractivity contribution in [2.75, 3.05) is 0 Å². The van der Waals surface area contributed by atoms with Crippen LogP contribution < -0.4 is 0 Å². The quantitative estimate of drug-likeness (QED) is 0.602. The highest BCUT2D eigenvalue weighted by Crippen LogP contribution is 2.00. The SMILES string of the molecule is C=CCc1ncc([S])cn1. The van der Waals surface area contributed by atoms with Gasteiger partial charge < -0.3 is 0 Å². The normalized spacial score (nSPS) is 9.20. The highest BCUT2D eigenvalue weighted by atomic mass is 32.1.